The molecule has 1 aromatic carbocycles. The van der Waals surface area contributed by atoms with E-state index in [-0.39, 0.29) is 21.5 Å². The standard InChI is InChI=1S/C12H12Cl2N2O4S/c1-15-11(18)7-16-21(19,20)12-9(13)5-8(3-2-4-17)6-10(12)14/h5-6,16-17H,4,7H2,1H3,(H,15,18). The lowest BCUT2D eigenvalue weighted by Gasteiger charge is -2.10. The molecular weight excluding hydrogens is 339 g/mol. The van der Waals surface area contributed by atoms with Gasteiger partial charge in [-0.15, -0.1) is 0 Å². The first-order valence-corrected chi connectivity index (χ1v) is 7.84. The van der Waals surface area contributed by atoms with E-state index < -0.39 is 22.5 Å². The van der Waals surface area contributed by atoms with Crippen LogP contribution in [0.4, 0.5) is 0 Å². The molecule has 0 bridgehead atoms. The van der Waals surface area contributed by atoms with Crippen LogP contribution >= 0.6 is 23.2 Å². The van der Waals surface area contributed by atoms with Gasteiger partial charge in [-0.05, 0) is 12.1 Å². The first-order valence-electron chi connectivity index (χ1n) is 5.61. The van der Waals surface area contributed by atoms with Crippen LogP contribution in [0.25, 0.3) is 0 Å². The lowest BCUT2D eigenvalue weighted by atomic mass is 10.2. The van der Waals surface area contributed by atoms with Crippen molar-refractivity contribution >= 4 is 39.1 Å². The highest BCUT2D eigenvalue weighted by Gasteiger charge is 2.22. The zero-order chi connectivity index (χ0) is 16.0. The Morgan fingerprint density at radius 3 is 2.38 bits per heavy atom. The van der Waals surface area contributed by atoms with Gasteiger partial charge in [-0.25, -0.2) is 13.1 Å². The van der Waals surface area contributed by atoms with Crippen molar-refractivity contribution in [1.82, 2.24) is 10.0 Å². The highest BCUT2D eigenvalue weighted by molar-refractivity contribution is 7.89. The predicted octanol–water partition coefficient (Wildman–Crippen LogP) is 0.361. The third kappa shape index (κ3) is 4.88. The molecule has 0 unspecified atom stereocenters. The maximum atomic E-state index is 12.1. The Morgan fingerprint density at radius 1 is 1.33 bits per heavy atom. The number of aliphatic hydroxyl groups is 1. The van der Waals surface area contributed by atoms with E-state index in [2.05, 4.69) is 21.9 Å². The highest BCUT2D eigenvalue weighted by Crippen LogP contribution is 2.30. The van der Waals surface area contributed by atoms with E-state index in [0.29, 0.717) is 5.56 Å². The zero-order valence-corrected chi connectivity index (χ0v) is 13.2. The Balaban J connectivity index is 3.16. The molecule has 0 atom stereocenters. The first kappa shape index (κ1) is 17.8. The quantitative estimate of drug-likeness (QED) is 0.683. The molecule has 1 rings (SSSR count). The summed E-state index contributed by atoms with van der Waals surface area (Å²) in [6.07, 6.45) is 0. The number of likely N-dealkylation sites (N-methyl/N-ethyl adjacent to an activating group) is 1. The molecule has 0 aliphatic carbocycles. The lowest BCUT2D eigenvalue weighted by molar-refractivity contribution is -0.119. The fraction of sp³-hybridized carbons (Fsp3) is 0.250. The molecule has 1 amide bonds. The smallest absolute Gasteiger partial charge is 0.244 e. The predicted molar refractivity (Wildman–Crippen MR) is 79.7 cm³/mol. The molecule has 0 heterocycles. The van der Waals surface area contributed by atoms with Crippen LogP contribution in [-0.4, -0.2) is 39.6 Å². The molecule has 3 N–H and O–H groups in total. The average Bonchev–Trinajstić information content (AvgIpc) is 2.41. The van der Waals surface area contributed by atoms with Crippen molar-refractivity contribution in [3.8, 4) is 11.8 Å². The van der Waals surface area contributed by atoms with Crippen molar-refractivity contribution in [2.75, 3.05) is 20.2 Å². The van der Waals surface area contributed by atoms with E-state index in [1.54, 1.807) is 0 Å². The van der Waals surface area contributed by atoms with Crippen LogP contribution in [0.1, 0.15) is 5.56 Å². The van der Waals surface area contributed by atoms with E-state index in [4.69, 9.17) is 28.3 Å². The SMILES string of the molecule is CNC(=O)CNS(=O)(=O)c1c(Cl)cc(C#CCO)cc1Cl. The number of nitrogens with one attached hydrogen (secondary N) is 2. The van der Waals surface area contributed by atoms with Crippen molar-refractivity contribution in [2.45, 2.75) is 4.90 Å². The molecule has 0 aliphatic rings. The normalized spacial score (nSPS) is 10.7. The van der Waals surface area contributed by atoms with Gasteiger partial charge in [0.15, 0.2) is 0 Å². The number of carbonyl (C=O) groups is 1. The molecule has 9 heteroatoms. The zero-order valence-electron chi connectivity index (χ0n) is 10.9. The summed E-state index contributed by atoms with van der Waals surface area (Å²) < 4.78 is 26.3. The van der Waals surface area contributed by atoms with Gasteiger partial charge < -0.3 is 10.4 Å². The van der Waals surface area contributed by atoms with Crippen LogP contribution in [0, 0.1) is 11.8 Å². The van der Waals surface area contributed by atoms with E-state index in [1.807, 2.05) is 0 Å². The average molecular weight is 351 g/mol. The molecule has 6 nitrogen and oxygen atoms in total. The molecule has 114 valence electrons. The number of sulfonamides is 1. The summed E-state index contributed by atoms with van der Waals surface area (Å²) in [6, 6.07) is 2.62. The number of aliphatic hydroxyl groups excluding tert-OH is 1. The van der Waals surface area contributed by atoms with Gasteiger partial charge in [0.05, 0.1) is 16.6 Å². The van der Waals surface area contributed by atoms with Crippen molar-refractivity contribution in [2.24, 2.45) is 0 Å². The number of benzene rings is 1. The first-order chi connectivity index (χ1) is 9.81. The molecule has 0 aliphatic heterocycles. The van der Waals surface area contributed by atoms with Gasteiger partial charge in [-0.1, -0.05) is 35.0 Å². The van der Waals surface area contributed by atoms with E-state index >= 15 is 0 Å². The Hall–Kier alpha value is -1.30. The second kappa shape index (κ2) is 7.64. The number of halogens is 2. The molecular formula is C12H12Cl2N2O4S. The summed E-state index contributed by atoms with van der Waals surface area (Å²) in [5.41, 5.74) is 0.365. The Kier molecular flexibility index (Phi) is 6.45. The topological polar surface area (TPSA) is 95.5 Å². The Labute approximate surface area is 132 Å². The largest absolute Gasteiger partial charge is 0.384 e. The fourth-order valence-corrected chi connectivity index (χ4v) is 3.54. The molecule has 0 radical (unpaired) electrons. The summed E-state index contributed by atoms with van der Waals surface area (Å²) >= 11 is 11.8. The molecule has 0 fully saturated rings. The van der Waals surface area contributed by atoms with Crippen molar-refractivity contribution in [1.29, 1.82) is 0 Å². The van der Waals surface area contributed by atoms with Crippen molar-refractivity contribution < 1.29 is 18.3 Å². The van der Waals surface area contributed by atoms with Crippen LogP contribution in [0.15, 0.2) is 17.0 Å². The number of rotatable bonds is 4. The van der Waals surface area contributed by atoms with E-state index in [0.717, 1.165) is 0 Å². The molecule has 21 heavy (non-hydrogen) atoms. The summed E-state index contributed by atoms with van der Waals surface area (Å²) in [7, 11) is -2.66. The van der Waals surface area contributed by atoms with Crippen molar-refractivity contribution in [3.05, 3.63) is 27.7 Å². The number of hydrogen-bond donors (Lipinski definition) is 3. The second-order valence-corrected chi connectivity index (χ2v) is 6.24. The fourth-order valence-electron chi connectivity index (χ4n) is 1.35. The summed E-state index contributed by atoms with van der Waals surface area (Å²) in [5, 5.41) is 10.6. The summed E-state index contributed by atoms with van der Waals surface area (Å²) in [4.78, 5) is 10.8. The minimum Gasteiger partial charge on any atom is -0.384 e. The van der Waals surface area contributed by atoms with Gasteiger partial charge in [0.25, 0.3) is 0 Å². The van der Waals surface area contributed by atoms with Gasteiger partial charge in [0.2, 0.25) is 15.9 Å². The third-order valence-electron chi connectivity index (χ3n) is 2.28. The van der Waals surface area contributed by atoms with Crippen LogP contribution in [-0.2, 0) is 14.8 Å². The van der Waals surface area contributed by atoms with E-state index in [9.17, 15) is 13.2 Å². The lowest BCUT2D eigenvalue weighted by Crippen LogP contribution is -2.35. The maximum Gasteiger partial charge on any atom is 0.244 e. The molecule has 1 aromatic rings. The minimum atomic E-state index is -4.04. The second-order valence-electron chi connectivity index (χ2n) is 3.73. The van der Waals surface area contributed by atoms with Gasteiger partial charge in [0.1, 0.15) is 11.5 Å². The van der Waals surface area contributed by atoms with Crippen LogP contribution in [0.3, 0.4) is 0 Å². The van der Waals surface area contributed by atoms with Gasteiger partial charge in [-0.3, -0.25) is 4.79 Å². The minimum absolute atomic E-state index is 0.130. The van der Waals surface area contributed by atoms with Crippen LogP contribution in [0.2, 0.25) is 10.0 Å². The number of amides is 1. The highest BCUT2D eigenvalue weighted by atomic mass is 35.5. The Bertz CT molecular complexity index is 685. The van der Waals surface area contributed by atoms with Crippen LogP contribution in [0.5, 0.6) is 0 Å². The van der Waals surface area contributed by atoms with Gasteiger partial charge in [-0.2, -0.15) is 0 Å². The van der Waals surface area contributed by atoms with Gasteiger partial charge >= 0.3 is 0 Å². The molecule has 0 saturated heterocycles. The number of hydrogen-bond acceptors (Lipinski definition) is 4. The molecule has 0 spiro atoms. The number of carbonyl (C=O) groups excluding carboxylic acids is 1. The summed E-state index contributed by atoms with van der Waals surface area (Å²) in [6.45, 7) is -0.777. The van der Waals surface area contributed by atoms with E-state index in [1.165, 1.54) is 19.2 Å². The Morgan fingerprint density at radius 2 is 1.90 bits per heavy atom. The summed E-state index contributed by atoms with van der Waals surface area (Å²) in [5.74, 6) is 4.46. The molecule has 0 aromatic heterocycles. The van der Waals surface area contributed by atoms with Gasteiger partial charge in [0, 0.05) is 12.6 Å². The monoisotopic (exact) mass is 350 g/mol. The van der Waals surface area contributed by atoms with Crippen molar-refractivity contribution in [3.63, 3.8) is 0 Å². The molecule has 0 saturated carbocycles. The third-order valence-corrected chi connectivity index (χ3v) is 4.60. The van der Waals surface area contributed by atoms with Crippen LogP contribution < -0.4 is 10.0 Å². The maximum absolute atomic E-state index is 12.1.